The summed E-state index contributed by atoms with van der Waals surface area (Å²) in [4.78, 5) is 0. The van der Waals surface area contributed by atoms with Gasteiger partial charge in [-0.1, -0.05) is 25.5 Å². The Bertz CT molecular complexity index is 246. The van der Waals surface area contributed by atoms with E-state index in [0.29, 0.717) is 0 Å². The molecule has 0 saturated heterocycles. The molecular formula is C12H24N4. The van der Waals surface area contributed by atoms with E-state index in [1.807, 2.05) is 10.9 Å². The molecule has 1 unspecified atom stereocenters. The second-order valence-corrected chi connectivity index (χ2v) is 4.47. The van der Waals surface area contributed by atoms with Crippen LogP contribution in [-0.2, 0) is 6.54 Å². The summed E-state index contributed by atoms with van der Waals surface area (Å²) in [6, 6.07) is 0. The third-order valence-electron chi connectivity index (χ3n) is 2.74. The minimum absolute atomic E-state index is 0.806. The van der Waals surface area contributed by atoms with Gasteiger partial charge in [-0.3, -0.25) is 4.68 Å². The van der Waals surface area contributed by atoms with Crippen molar-refractivity contribution in [2.75, 3.05) is 13.1 Å². The number of hydrogen-bond acceptors (Lipinski definition) is 3. The molecule has 0 saturated carbocycles. The van der Waals surface area contributed by atoms with E-state index >= 15 is 0 Å². The van der Waals surface area contributed by atoms with E-state index in [1.54, 1.807) is 6.20 Å². The molecule has 0 radical (unpaired) electrons. The fourth-order valence-electron chi connectivity index (χ4n) is 1.82. The van der Waals surface area contributed by atoms with Gasteiger partial charge in [-0.05, 0) is 38.3 Å². The van der Waals surface area contributed by atoms with E-state index in [4.69, 9.17) is 0 Å². The Labute approximate surface area is 98.4 Å². The SMILES string of the molecule is CCCC(C)CNCCCCn1ccnn1. The van der Waals surface area contributed by atoms with Crippen LogP contribution in [0.3, 0.4) is 0 Å². The minimum Gasteiger partial charge on any atom is -0.316 e. The average Bonchev–Trinajstić information content (AvgIpc) is 2.76. The van der Waals surface area contributed by atoms with Crippen molar-refractivity contribution in [2.24, 2.45) is 5.92 Å². The number of aromatic nitrogens is 3. The highest BCUT2D eigenvalue weighted by atomic mass is 15.4. The molecule has 16 heavy (non-hydrogen) atoms. The van der Waals surface area contributed by atoms with Crippen LogP contribution in [0.1, 0.15) is 39.5 Å². The standard InChI is InChI=1S/C12H24N4/c1-3-6-12(2)11-13-7-4-5-9-16-10-8-14-15-16/h8,10,12-13H,3-7,9,11H2,1-2H3. The molecule has 1 N–H and O–H groups in total. The van der Waals surface area contributed by atoms with E-state index in [1.165, 1.54) is 25.7 Å². The summed E-state index contributed by atoms with van der Waals surface area (Å²) in [7, 11) is 0. The summed E-state index contributed by atoms with van der Waals surface area (Å²) in [6.07, 6.45) is 8.62. The van der Waals surface area contributed by atoms with Crippen molar-refractivity contribution in [3.8, 4) is 0 Å². The van der Waals surface area contributed by atoms with E-state index < -0.39 is 0 Å². The maximum atomic E-state index is 3.93. The number of aryl methyl sites for hydroxylation is 1. The topological polar surface area (TPSA) is 42.7 Å². The predicted molar refractivity (Wildman–Crippen MR) is 66.2 cm³/mol. The lowest BCUT2D eigenvalue weighted by Crippen LogP contribution is -2.22. The zero-order chi connectivity index (χ0) is 11.6. The normalized spacial score (nSPS) is 12.9. The van der Waals surface area contributed by atoms with Crippen LogP contribution in [0, 0.1) is 5.92 Å². The van der Waals surface area contributed by atoms with Crippen LogP contribution >= 0.6 is 0 Å². The molecule has 4 nitrogen and oxygen atoms in total. The number of unbranched alkanes of at least 4 members (excludes halogenated alkanes) is 1. The summed E-state index contributed by atoms with van der Waals surface area (Å²) >= 11 is 0. The molecule has 0 fully saturated rings. The second-order valence-electron chi connectivity index (χ2n) is 4.47. The van der Waals surface area contributed by atoms with Gasteiger partial charge in [0.2, 0.25) is 0 Å². The summed E-state index contributed by atoms with van der Waals surface area (Å²) in [5.41, 5.74) is 0. The first kappa shape index (κ1) is 13.2. The fraction of sp³-hybridized carbons (Fsp3) is 0.833. The molecule has 1 rings (SSSR count). The molecule has 1 aromatic heterocycles. The third-order valence-corrected chi connectivity index (χ3v) is 2.74. The smallest absolute Gasteiger partial charge is 0.0692 e. The Morgan fingerprint density at radius 1 is 1.38 bits per heavy atom. The van der Waals surface area contributed by atoms with Gasteiger partial charge in [0, 0.05) is 12.7 Å². The highest BCUT2D eigenvalue weighted by Gasteiger charge is 1.99. The van der Waals surface area contributed by atoms with Crippen LogP contribution in [0.4, 0.5) is 0 Å². The van der Waals surface area contributed by atoms with Crippen molar-refractivity contribution < 1.29 is 0 Å². The lowest BCUT2D eigenvalue weighted by molar-refractivity contribution is 0.460. The summed E-state index contributed by atoms with van der Waals surface area (Å²) in [5, 5.41) is 11.2. The van der Waals surface area contributed by atoms with Crippen molar-refractivity contribution in [1.82, 2.24) is 20.3 Å². The van der Waals surface area contributed by atoms with Crippen molar-refractivity contribution in [3.05, 3.63) is 12.4 Å². The van der Waals surface area contributed by atoms with Gasteiger partial charge in [0.1, 0.15) is 0 Å². The monoisotopic (exact) mass is 224 g/mol. The molecule has 0 aliphatic carbocycles. The summed E-state index contributed by atoms with van der Waals surface area (Å²) in [5.74, 6) is 0.806. The van der Waals surface area contributed by atoms with Gasteiger partial charge >= 0.3 is 0 Å². The zero-order valence-corrected chi connectivity index (χ0v) is 10.5. The van der Waals surface area contributed by atoms with Crippen molar-refractivity contribution in [3.63, 3.8) is 0 Å². The maximum absolute atomic E-state index is 3.93. The first-order valence-corrected chi connectivity index (χ1v) is 6.37. The van der Waals surface area contributed by atoms with Gasteiger partial charge in [-0.25, -0.2) is 0 Å². The number of nitrogens with one attached hydrogen (secondary N) is 1. The average molecular weight is 224 g/mol. The molecule has 0 amide bonds. The van der Waals surface area contributed by atoms with Crippen LogP contribution in [0.5, 0.6) is 0 Å². The Hall–Kier alpha value is -0.900. The van der Waals surface area contributed by atoms with Gasteiger partial charge in [-0.2, -0.15) is 0 Å². The van der Waals surface area contributed by atoms with Crippen molar-refractivity contribution in [1.29, 1.82) is 0 Å². The van der Waals surface area contributed by atoms with Gasteiger partial charge < -0.3 is 5.32 Å². The Morgan fingerprint density at radius 3 is 2.94 bits per heavy atom. The molecule has 0 spiro atoms. The summed E-state index contributed by atoms with van der Waals surface area (Å²) < 4.78 is 1.89. The van der Waals surface area contributed by atoms with E-state index in [2.05, 4.69) is 29.5 Å². The Balaban J connectivity index is 1.88. The predicted octanol–water partition coefficient (Wildman–Crippen LogP) is 2.08. The minimum atomic E-state index is 0.806. The molecule has 92 valence electrons. The van der Waals surface area contributed by atoms with Gasteiger partial charge in [0.25, 0.3) is 0 Å². The summed E-state index contributed by atoms with van der Waals surface area (Å²) in [6.45, 7) is 7.80. The fourth-order valence-corrected chi connectivity index (χ4v) is 1.82. The van der Waals surface area contributed by atoms with Crippen LogP contribution in [0.15, 0.2) is 12.4 Å². The van der Waals surface area contributed by atoms with Gasteiger partial charge in [0.15, 0.2) is 0 Å². The lowest BCUT2D eigenvalue weighted by atomic mass is 10.1. The first-order chi connectivity index (χ1) is 7.83. The molecule has 0 aliphatic rings. The molecule has 0 aromatic carbocycles. The Morgan fingerprint density at radius 2 is 2.25 bits per heavy atom. The number of nitrogens with zero attached hydrogens (tertiary/aromatic N) is 3. The zero-order valence-electron chi connectivity index (χ0n) is 10.5. The first-order valence-electron chi connectivity index (χ1n) is 6.37. The van der Waals surface area contributed by atoms with E-state index in [0.717, 1.165) is 25.6 Å². The van der Waals surface area contributed by atoms with Crippen LogP contribution in [-0.4, -0.2) is 28.1 Å². The van der Waals surface area contributed by atoms with E-state index in [9.17, 15) is 0 Å². The van der Waals surface area contributed by atoms with Crippen molar-refractivity contribution >= 4 is 0 Å². The molecule has 1 aromatic rings. The lowest BCUT2D eigenvalue weighted by Gasteiger charge is -2.11. The molecule has 4 heteroatoms. The molecule has 1 heterocycles. The second kappa shape index (κ2) is 8.28. The highest BCUT2D eigenvalue weighted by Crippen LogP contribution is 2.02. The van der Waals surface area contributed by atoms with Crippen molar-refractivity contribution in [2.45, 2.75) is 46.1 Å². The van der Waals surface area contributed by atoms with Gasteiger partial charge in [0.05, 0.1) is 6.20 Å². The molecule has 1 atom stereocenters. The van der Waals surface area contributed by atoms with Crippen LogP contribution < -0.4 is 5.32 Å². The molecule has 0 bridgehead atoms. The number of rotatable bonds is 9. The largest absolute Gasteiger partial charge is 0.316 e. The van der Waals surface area contributed by atoms with E-state index in [-0.39, 0.29) is 0 Å². The quantitative estimate of drug-likeness (QED) is 0.653. The van der Waals surface area contributed by atoms with Gasteiger partial charge in [-0.15, -0.1) is 5.10 Å². The third kappa shape index (κ3) is 5.85. The maximum Gasteiger partial charge on any atom is 0.0692 e. The highest BCUT2D eigenvalue weighted by molar-refractivity contribution is 4.64. The van der Waals surface area contributed by atoms with Crippen LogP contribution in [0.25, 0.3) is 0 Å². The van der Waals surface area contributed by atoms with Crippen LogP contribution in [0.2, 0.25) is 0 Å². The Kier molecular flexibility index (Phi) is 6.81. The molecular weight excluding hydrogens is 200 g/mol. The number of hydrogen-bond donors (Lipinski definition) is 1. The molecule has 0 aliphatic heterocycles.